The summed E-state index contributed by atoms with van der Waals surface area (Å²) in [4.78, 5) is 0. The number of hydrogen-bond acceptors (Lipinski definition) is 2. The van der Waals surface area contributed by atoms with Gasteiger partial charge >= 0.3 is 0 Å². The van der Waals surface area contributed by atoms with Gasteiger partial charge in [0, 0.05) is 6.04 Å². The van der Waals surface area contributed by atoms with Crippen LogP contribution in [0.25, 0.3) is 0 Å². The first-order chi connectivity index (χ1) is 7.83. The smallest absolute Gasteiger partial charge is 0.242 e. The minimum atomic E-state index is -1.50. The summed E-state index contributed by atoms with van der Waals surface area (Å²) in [6, 6.07) is 8.38. The van der Waals surface area contributed by atoms with Crippen LogP contribution in [0.2, 0.25) is 19.6 Å². The molecular weight excluding hydrogens is 226 g/mol. The third-order valence-corrected chi connectivity index (χ3v) is 3.79. The van der Waals surface area contributed by atoms with Gasteiger partial charge in [0.05, 0.1) is 0 Å². The van der Waals surface area contributed by atoms with Crippen LogP contribution >= 0.6 is 0 Å². The fourth-order valence-corrected chi connectivity index (χ4v) is 2.54. The molecule has 1 aromatic rings. The molecule has 0 aliphatic heterocycles. The van der Waals surface area contributed by atoms with Gasteiger partial charge in [-0.2, -0.15) is 0 Å². The van der Waals surface area contributed by atoms with Crippen molar-refractivity contribution in [3.63, 3.8) is 0 Å². The molecule has 0 amide bonds. The average Bonchev–Trinajstić information content (AvgIpc) is 2.26. The number of nitrogens with two attached hydrogens (primary N) is 1. The highest BCUT2D eigenvalue weighted by atomic mass is 28.4. The summed E-state index contributed by atoms with van der Waals surface area (Å²) in [7, 11) is -1.50. The Balaban J connectivity index is 2.74. The molecule has 0 aliphatic carbocycles. The Hall–Kier alpha value is -0.803. The molecule has 1 rings (SSSR count). The van der Waals surface area contributed by atoms with Gasteiger partial charge in [-0.15, -0.1) is 0 Å². The van der Waals surface area contributed by atoms with Gasteiger partial charge < -0.3 is 10.2 Å². The molecule has 2 N–H and O–H groups in total. The van der Waals surface area contributed by atoms with Crippen LogP contribution in [-0.2, 0) is 0 Å². The van der Waals surface area contributed by atoms with Crippen molar-refractivity contribution in [3.05, 3.63) is 29.8 Å². The standard InChI is InChI=1S/C14H25NOSi/c1-6-11(2)14(15)12-7-9-13(10-8-12)16-17(3,4)5/h7-11,14H,6,15H2,1-5H3/t11?,14-/m0/s1. The summed E-state index contributed by atoms with van der Waals surface area (Å²) in [6.45, 7) is 10.9. The number of hydrogen-bond donors (Lipinski definition) is 1. The van der Waals surface area contributed by atoms with Crippen molar-refractivity contribution in [1.82, 2.24) is 0 Å². The highest BCUT2D eigenvalue weighted by molar-refractivity contribution is 6.70. The van der Waals surface area contributed by atoms with Crippen molar-refractivity contribution in [1.29, 1.82) is 0 Å². The van der Waals surface area contributed by atoms with Gasteiger partial charge in [0.1, 0.15) is 5.75 Å². The van der Waals surface area contributed by atoms with Crippen molar-refractivity contribution in [2.45, 2.75) is 46.0 Å². The van der Waals surface area contributed by atoms with Crippen LogP contribution < -0.4 is 10.2 Å². The molecule has 96 valence electrons. The van der Waals surface area contributed by atoms with Crippen LogP contribution in [0, 0.1) is 5.92 Å². The molecule has 2 atom stereocenters. The zero-order valence-corrected chi connectivity index (χ0v) is 12.7. The van der Waals surface area contributed by atoms with E-state index in [-0.39, 0.29) is 6.04 Å². The first-order valence-electron chi connectivity index (χ1n) is 6.38. The Morgan fingerprint density at radius 1 is 1.18 bits per heavy atom. The third kappa shape index (κ3) is 4.52. The number of rotatable bonds is 5. The molecule has 1 unspecified atom stereocenters. The molecule has 2 nitrogen and oxygen atoms in total. The Morgan fingerprint density at radius 3 is 2.12 bits per heavy atom. The van der Waals surface area contributed by atoms with Crippen LogP contribution in [0.5, 0.6) is 5.75 Å². The van der Waals surface area contributed by atoms with E-state index in [2.05, 4.69) is 45.6 Å². The maximum Gasteiger partial charge on any atom is 0.242 e. The first-order valence-corrected chi connectivity index (χ1v) is 9.79. The second kappa shape index (κ2) is 5.69. The Kier molecular flexibility index (Phi) is 4.77. The van der Waals surface area contributed by atoms with E-state index in [4.69, 9.17) is 10.2 Å². The van der Waals surface area contributed by atoms with Crippen molar-refractivity contribution in [2.75, 3.05) is 0 Å². The molecular formula is C14H25NOSi. The zero-order valence-electron chi connectivity index (χ0n) is 11.7. The minimum Gasteiger partial charge on any atom is -0.544 e. The second-order valence-electron chi connectivity index (χ2n) is 5.69. The van der Waals surface area contributed by atoms with Crippen molar-refractivity contribution < 1.29 is 4.43 Å². The molecule has 0 fully saturated rings. The topological polar surface area (TPSA) is 35.2 Å². The molecule has 0 bridgehead atoms. The van der Waals surface area contributed by atoms with Gasteiger partial charge in [0.15, 0.2) is 0 Å². The Morgan fingerprint density at radius 2 is 1.71 bits per heavy atom. The highest BCUT2D eigenvalue weighted by Gasteiger charge is 2.17. The van der Waals surface area contributed by atoms with Gasteiger partial charge in [0.2, 0.25) is 8.32 Å². The highest BCUT2D eigenvalue weighted by Crippen LogP contribution is 2.24. The molecule has 0 heterocycles. The first kappa shape index (κ1) is 14.3. The van der Waals surface area contributed by atoms with Crippen LogP contribution in [0.3, 0.4) is 0 Å². The Labute approximate surface area is 106 Å². The third-order valence-electron chi connectivity index (χ3n) is 2.95. The van der Waals surface area contributed by atoms with Crippen molar-refractivity contribution >= 4 is 8.32 Å². The van der Waals surface area contributed by atoms with E-state index in [1.54, 1.807) is 0 Å². The van der Waals surface area contributed by atoms with Gasteiger partial charge in [0.25, 0.3) is 0 Å². The minimum absolute atomic E-state index is 0.126. The molecule has 17 heavy (non-hydrogen) atoms. The number of benzene rings is 1. The molecule has 1 aromatic carbocycles. The van der Waals surface area contributed by atoms with E-state index >= 15 is 0 Å². The van der Waals surface area contributed by atoms with E-state index in [0.29, 0.717) is 5.92 Å². The lowest BCUT2D eigenvalue weighted by Crippen LogP contribution is -2.29. The molecule has 0 radical (unpaired) electrons. The van der Waals surface area contributed by atoms with Gasteiger partial charge in [-0.1, -0.05) is 32.4 Å². The maximum absolute atomic E-state index is 6.19. The fourth-order valence-electron chi connectivity index (χ4n) is 1.69. The van der Waals surface area contributed by atoms with Crippen LogP contribution in [0.1, 0.15) is 31.9 Å². The van der Waals surface area contributed by atoms with Gasteiger partial charge in [-0.3, -0.25) is 0 Å². The van der Waals surface area contributed by atoms with Crippen LogP contribution in [0.15, 0.2) is 24.3 Å². The van der Waals surface area contributed by atoms with Crippen LogP contribution in [0.4, 0.5) is 0 Å². The fraction of sp³-hybridized carbons (Fsp3) is 0.571. The second-order valence-corrected chi connectivity index (χ2v) is 10.1. The largest absolute Gasteiger partial charge is 0.544 e. The lowest BCUT2D eigenvalue weighted by Gasteiger charge is -2.21. The average molecular weight is 251 g/mol. The summed E-state index contributed by atoms with van der Waals surface area (Å²) in [5, 5.41) is 0. The van der Waals surface area contributed by atoms with E-state index in [1.165, 1.54) is 5.56 Å². The van der Waals surface area contributed by atoms with Gasteiger partial charge in [-0.25, -0.2) is 0 Å². The predicted octanol–water partition coefficient (Wildman–Crippen LogP) is 3.95. The molecule has 0 spiro atoms. The molecule has 0 saturated heterocycles. The predicted molar refractivity (Wildman–Crippen MR) is 76.8 cm³/mol. The van der Waals surface area contributed by atoms with Crippen molar-refractivity contribution in [2.24, 2.45) is 11.7 Å². The normalized spacial score (nSPS) is 15.4. The van der Waals surface area contributed by atoms with E-state index in [0.717, 1.165) is 12.2 Å². The molecule has 0 aromatic heterocycles. The molecule has 0 saturated carbocycles. The monoisotopic (exact) mass is 251 g/mol. The summed E-state index contributed by atoms with van der Waals surface area (Å²) in [6.07, 6.45) is 1.11. The summed E-state index contributed by atoms with van der Waals surface area (Å²) < 4.78 is 5.92. The SMILES string of the molecule is CCC(C)[C@H](N)c1ccc(O[Si](C)(C)C)cc1. The summed E-state index contributed by atoms with van der Waals surface area (Å²) in [5.74, 6) is 1.48. The summed E-state index contributed by atoms with van der Waals surface area (Å²) in [5.41, 5.74) is 7.39. The van der Waals surface area contributed by atoms with Gasteiger partial charge in [-0.05, 0) is 43.3 Å². The summed E-state index contributed by atoms with van der Waals surface area (Å²) >= 11 is 0. The Bertz CT molecular complexity index is 342. The van der Waals surface area contributed by atoms with Crippen molar-refractivity contribution in [3.8, 4) is 5.75 Å². The lowest BCUT2D eigenvalue weighted by molar-refractivity contribution is 0.456. The lowest BCUT2D eigenvalue weighted by atomic mass is 9.93. The zero-order chi connectivity index (χ0) is 13.1. The maximum atomic E-state index is 6.19. The molecule has 0 aliphatic rings. The van der Waals surface area contributed by atoms with E-state index in [1.807, 2.05) is 12.1 Å². The molecule has 3 heteroatoms. The quantitative estimate of drug-likeness (QED) is 0.804. The van der Waals surface area contributed by atoms with E-state index < -0.39 is 8.32 Å². The van der Waals surface area contributed by atoms with E-state index in [9.17, 15) is 0 Å². The van der Waals surface area contributed by atoms with Crippen LogP contribution in [-0.4, -0.2) is 8.32 Å².